The molecule has 1 unspecified atom stereocenters. The predicted octanol–water partition coefficient (Wildman–Crippen LogP) is 2.64. The summed E-state index contributed by atoms with van der Waals surface area (Å²) in [6.07, 6.45) is 9.89. The Morgan fingerprint density at radius 2 is 1.80 bits per heavy atom. The monoisotopic (exact) mass is 212 g/mol. The zero-order chi connectivity index (χ0) is 11.1. The van der Waals surface area contributed by atoms with Gasteiger partial charge in [-0.15, -0.1) is 0 Å². The van der Waals surface area contributed by atoms with E-state index in [0.29, 0.717) is 0 Å². The summed E-state index contributed by atoms with van der Waals surface area (Å²) >= 11 is 0. The third-order valence-electron chi connectivity index (χ3n) is 3.91. The molecule has 15 heavy (non-hydrogen) atoms. The van der Waals surface area contributed by atoms with Gasteiger partial charge in [-0.05, 0) is 46.8 Å². The maximum atomic E-state index is 3.24. The van der Waals surface area contributed by atoms with E-state index in [1.54, 1.807) is 0 Å². The van der Waals surface area contributed by atoms with Crippen molar-refractivity contribution < 1.29 is 0 Å². The van der Waals surface area contributed by atoms with Crippen LogP contribution in [0.5, 0.6) is 0 Å². The molecule has 90 valence electrons. The van der Waals surface area contributed by atoms with Crippen LogP contribution in [0.25, 0.3) is 0 Å². The van der Waals surface area contributed by atoms with E-state index in [4.69, 9.17) is 0 Å². The number of nitrogens with zero attached hydrogens (tertiary/aromatic N) is 1. The highest BCUT2D eigenvalue weighted by atomic mass is 15.2. The Labute approximate surface area is 95.4 Å². The molecule has 1 rings (SSSR count). The third-order valence-corrected chi connectivity index (χ3v) is 3.91. The minimum Gasteiger partial charge on any atom is -0.320 e. The number of nitrogens with one attached hydrogen (secondary N) is 1. The van der Waals surface area contributed by atoms with Gasteiger partial charge in [0.05, 0.1) is 0 Å². The van der Waals surface area contributed by atoms with Gasteiger partial charge in [0.1, 0.15) is 0 Å². The highest BCUT2D eigenvalue weighted by molar-refractivity contribution is 4.76. The van der Waals surface area contributed by atoms with E-state index in [1.165, 1.54) is 44.9 Å². The molecular formula is C13H28N2. The molecule has 0 spiro atoms. The van der Waals surface area contributed by atoms with E-state index < -0.39 is 0 Å². The Balaban J connectivity index is 2.32. The Morgan fingerprint density at radius 3 is 2.33 bits per heavy atom. The first-order chi connectivity index (χ1) is 7.25. The fraction of sp³-hybridized carbons (Fsp3) is 1.00. The normalized spacial score (nSPS) is 21.6. The fourth-order valence-electron chi connectivity index (χ4n) is 2.58. The van der Waals surface area contributed by atoms with Crippen LogP contribution in [0.15, 0.2) is 0 Å². The van der Waals surface area contributed by atoms with Crippen molar-refractivity contribution in [3.05, 3.63) is 0 Å². The topological polar surface area (TPSA) is 15.3 Å². The second-order valence-corrected chi connectivity index (χ2v) is 5.05. The summed E-state index contributed by atoms with van der Waals surface area (Å²) in [5.41, 5.74) is 0. The summed E-state index contributed by atoms with van der Waals surface area (Å²) in [4.78, 5) is 2.61. The average Bonchev–Trinajstić information content (AvgIpc) is 2.53. The molecule has 0 radical (unpaired) electrons. The van der Waals surface area contributed by atoms with Gasteiger partial charge in [-0.2, -0.15) is 0 Å². The first kappa shape index (κ1) is 13.0. The quantitative estimate of drug-likeness (QED) is 0.705. The molecule has 1 aliphatic carbocycles. The van der Waals surface area contributed by atoms with E-state index in [0.717, 1.165) is 18.6 Å². The van der Waals surface area contributed by atoms with Crippen LogP contribution in [0.1, 0.15) is 51.9 Å². The number of hydrogen-bond donors (Lipinski definition) is 1. The summed E-state index contributed by atoms with van der Waals surface area (Å²) in [6, 6.07) is 1.57. The zero-order valence-electron chi connectivity index (χ0n) is 10.8. The first-order valence-corrected chi connectivity index (χ1v) is 6.62. The molecule has 0 bridgehead atoms. The van der Waals surface area contributed by atoms with Crippen molar-refractivity contribution >= 4 is 0 Å². The second-order valence-electron chi connectivity index (χ2n) is 5.05. The maximum absolute atomic E-state index is 3.24. The van der Waals surface area contributed by atoms with Crippen LogP contribution >= 0.6 is 0 Å². The van der Waals surface area contributed by atoms with E-state index in [1.807, 2.05) is 7.05 Å². The highest BCUT2D eigenvalue weighted by Crippen LogP contribution is 2.22. The van der Waals surface area contributed by atoms with Crippen LogP contribution in [-0.2, 0) is 0 Å². The van der Waals surface area contributed by atoms with Gasteiger partial charge in [-0.1, -0.05) is 25.7 Å². The molecule has 1 aliphatic rings. The Kier molecular flexibility index (Phi) is 6.26. The van der Waals surface area contributed by atoms with Crippen molar-refractivity contribution in [1.29, 1.82) is 0 Å². The van der Waals surface area contributed by atoms with E-state index in [2.05, 4.69) is 24.2 Å². The van der Waals surface area contributed by atoms with Crippen molar-refractivity contribution in [3.63, 3.8) is 0 Å². The molecule has 2 heteroatoms. The fourth-order valence-corrected chi connectivity index (χ4v) is 2.58. The molecule has 1 atom stereocenters. The molecule has 0 aromatic rings. The van der Waals surface area contributed by atoms with E-state index >= 15 is 0 Å². The Bertz CT molecular complexity index is 151. The van der Waals surface area contributed by atoms with Crippen molar-refractivity contribution in [2.24, 2.45) is 0 Å². The van der Waals surface area contributed by atoms with Crippen molar-refractivity contribution in [1.82, 2.24) is 10.2 Å². The van der Waals surface area contributed by atoms with Crippen LogP contribution < -0.4 is 5.32 Å². The lowest BCUT2D eigenvalue weighted by Gasteiger charge is -2.32. The van der Waals surface area contributed by atoms with Gasteiger partial charge in [0, 0.05) is 12.1 Å². The minimum absolute atomic E-state index is 0.723. The van der Waals surface area contributed by atoms with Crippen LogP contribution in [0.2, 0.25) is 0 Å². The average molecular weight is 212 g/mol. The maximum Gasteiger partial charge on any atom is 0.00950 e. The largest absolute Gasteiger partial charge is 0.320 e. The molecule has 0 amide bonds. The summed E-state index contributed by atoms with van der Waals surface area (Å²) in [5.74, 6) is 0. The molecule has 1 N–H and O–H groups in total. The van der Waals surface area contributed by atoms with Gasteiger partial charge >= 0.3 is 0 Å². The Hall–Kier alpha value is -0.0800. The highest BCUT2D eigenvalue weighted by Gasteiger charge is 2.20. The van der Waals surface area contributed by atoms with E-state index in [9.17, 15) is 0 Å². The molecule has 1 fully saturated rings. The standard InChI is InChI=1S/C13H28N2/c1-12(10-11-14-2)15(3)13-8-6-4-5-7-9-13/h12-14H,4-11H2,1-3H3. The smallest absolute Gasteiger partial charge is 0.00950 e. The summed E-state index contributed by atoms with van der Waals surface area (Å²) in [6.45, 7) is 3.50. The first-order valence-electron chi connectivity index (χ1n) is 6.62. The molecule has 0 aromatic carbocycles. The Morgan fingerprint density at radius 1 is 1.20 bits per heavy atom. The molecule has 0 heterocycles. The SMILES string of the molecule is CNCCC(C)N(C)C1CCCCCC1. The molecule has 0 aliphatic heterocycles. The van der Waals surface area contributed by atoms with Crippen molar-refractivity contribution in [3.8, 4) is 0 Å². The molecule has 0 aromatic heterocycles. The predicted molar refractivity (Wildman–Crippen MR) is 67.3 cm³/mol. The van der Waals surface area contributed by atoms with E-state index in [-0.39, 0.29) is 0 Å². The lowest BCUT2D eigenvalue weighted by Crippen LogP contribution is -2.39. The van der Waals surface area contributed by atoms with Crippen LogP contribution in [0.3, 0.4) is 0 Å². The zero-order valence-corrected chi connectivity index (χ0v) is 10.8. The van der Waals surface area contributed by atoms with Crippen LogP contribution in [0, 0.1) is 0 Å². The lowest BCUT2D eigenvalue weighted by molar-refractivity contribution is 0.160. The van der Waals surface area contributed by atoms with Crippen molar-refractivity contribution in [2.45, 2.75) is 64.0 Å². The second kappa shape index (κ2) is 7.24. The van der Waals surface area contributed by atoms with Gasteiger partial charge in [0.2, 0.25) is 0 Å². The third kappa shape index (κ3) is 4.52. The molecule has 1 saturated carbocycles. The number of hydrogen-bond acceptors (Lipinski definition) is 2. The summed E-state index contributed by atoms with van der Waals surface area (Å²) in [5, 5.41) is 3.24. The summed E-state index contributed by atoms with van der Waals surface area (Å²) < 4.78 is 0. The van der Waals surface area contributed by atoms with Crippen molar-refractivity contribution in [2.75, 3.05) is 20.6 Å². The van der Waals surface area contributed by atoms with Crippen LogP contribution in [0.4, 0.5) is 0 Å². The van der Waals surface area contributed by atoms with Gasteiger partial charge in [0.15, 0.2) is 0 Å². The summed E-state index contributed by atoms with van der Waals surface area (Å²) in [7, 11) is 4.36. The minimum atomic E-state index is 0.723. The van der Waals surface area contributed by atoms with Gasteiger partial charge in [-0.3, -0.25) is 0 Å². The van der Waals surface area contributed by atoms with Gasteiger partial charge in [0.25, 0.3) is 0 Å². The molecule has 2 nitrogen and oxygen atoms in total. The molecule has 0 saturated heterocycles. The van der Waals surface area contributed by atoms with Gasteiger partial charge in [-0.25, -0.2) is 0 Å². The van der Waals surface area contributed by atoms with Crippen LogP contribution in [-0.4, -0.2) is 37.6 Å². The lowest BCUT2D eigenvalue weighted by atomic mass is 10.0. The van der Waals surface area contributed by atoms with Gasteiger partial charge < -0.3 is 10.2 Å². The number of rotatable bonds is 5. The molecular weight excluding hydrogens is 184 g/mol.